The van der Waals surface area contributed by atoms with Gasteiger partial charge >= 0.3 is 6.18 Å². The molecule has 1 aliphatic heterocycles. The molecule has 1 aromatic carbocycles. The number of benzene rings is 1. The molecule has 0 bridgehead atoms. The fourth-order valence-electron chi connectivity index (χ4n) is 3.81. The summed E-state index contributed by atoms with van der Waals surface area (Å²) >= 11 is 0. The highest BCUT2D eigenvalue weighted by Gasteiger charge is 2.37. The van der Waals surface area contributed by atoms with Gasteiger partial charge < -0.3 is 10.2 Å². The fourth-order valence-corrected chi connectivity index (χ4v) is 5.18. The number of hydrogen-bond acceptors (Lipinski definition) is 5. The Balaban J connectivity index is 1.63. The lowest BCUT2D eigenvalue weighted by atomic mass is 9.96. The third-order valence-electron chi connectivity index (χ3n) is 5.98. The van der Waals surface area contributed by atoms with E-state index < -0.39 is 27.7 Å². The first-order valence-electron chi connectivity index (χ1n) is 11.0. The first kappa shape index (κ1) is 26.0. The van der Waals surface area contributed by atoms with Crippen LogP contribution in [0, 0.1) is 5.92 Å². The summed E-state index contributed by atoms with van der Waals surface area (Å²) in [6, 6.07) is 8.33. The van der Waals surface area contributed by atoms with E-state index in [0.29, 0.717) is 19.4 Å². The van der Waals surface area contributed by atoms with Crippen molar-refractivity contribution in [3.63, 3.8) is 0 Å². The van der Waals surface area contributed by atoms with Crippen LogP contribution in [0.25, 0.3) is 0 Å². The van der Waals surface area contributed by atoms with Crippen LogP contribution in [-0.2, 0) is 27.5 Å². The topological polar surface area (TPSA) is 82.6 Å². The van der Waals surface area contributed by atoms with Gasteiger partial charge in [-0.15, -0.1) is 0 Å². The van der Waals surface area contributed by atoms with E-state index in [4.69, 9.17) is 0 Å². The molecule has 186 valence electrons. The smallest absolute Gasteiger partial charge is 0.355 e. The summed E-state index contributed by atoms with van der Waals surface area (Å²) in [7, 11) is -2.08. The number of nitrogens with one attached hydrogen (secondary N) is 1. The minimum absolute atomic E-state index is 0.143. The van der Waals surface area contributed by atoms with Gasteiger partial charge in [0.1, 0.15) is 5.82 Å². The monoisotopic (exact) mass is 498 g/mol. The molecule has 1 saturated heterocycles. The maximum absolute atomic E-state index is 13.4. The van der Waals surface area contributed by atoms with Gasteiger partial charge in [-0.2, -0.15) is 17.5 Å². The zero-order chi connectivity index (χ0) is 25.1. The molecule has 1 N–H and O–H groups in total. The van der Waals surface area contributed by atoms with E-state index in [-0.39, 0.29) is 35.8 Å². The van der Waals surface area contributed by atoms with Gasteiger partial charge in [-0.1, -0.05) is 12.1 Å². The van der Waals surface area contributed by atoms with Crippen LogP contribution in [0.2, 0.25) is 0 Å². The Morgan fingerprint density at radius 1 is 1.24 bits per heavy atom. The summed E-state index contributed by atoms with van der Waals surface area (Å²) < 4.78 is 66.5. The molecule has 0 spiro atoms. The van der Waals surface area contributed by atoms with Gasteiger partial charge in [-0.3, -0.25) is 4.79 Å². The molecule has 1 amide bonds. The molecule has 1 fully saturated rings. The lowest BCUT2D eigenvalue weighted by Gasteiger charge is -2.34. The van der Waals surface area contributed by atoms with Crippen LogP contribution in [0.15, 0.2) is 47.5 Å². The molecule has 11 heteroatoms. The minimum atomic E-state index is -4.53. The normalized spacial score (nSPS) is 17.3. The number of rotatable bonds is 7. The molecule has 3 rings (SSSR count). The predicted octanol–water partition coefficient (Wildman–Crippen LogP) is 3.66. The Hall–Kier alpha value is -2.66. The average molecular weight is 499 g/mol. The number of piperidine rings is 1. The maximum Gasteiger partial charge on any atom is 0.419 e. The number of amides is 1. The highest BCUT2D eigenvalue weighted by molar-refractivity contribution is 7.89. The van der Waals surface area contributed by atoms with Crippen molar-refractivity contribution in [2.24, 2.45) is 5.92 Å². The van der Waals surface area contributed by atoms with Crippen LogP contribution in [0.1, 0.15) is 37.8 Å². The van der Waals surface area contributed by atoms with Crippen LogP contribution in [-0.4, -0.2) is 49.8 Å². The Kier molecular flexibility index (Phi) is 7.87. The number of carbonyl (C=O) groups is 1. The molecule has 34 heavy (non-hydrogen) atoms. The average Bonchev–Trinajstić information content (AvgIpc) is 2.81. The van der Waals surface area contributed by atoms with Crippen molar-refractivity contribution in [3.8, 4) is 0 Å². The first-order chi connectivity index (χ1) is 15.9. The molecule has 0 saturated carbocycles. The summed E-state index contributed by atoms with van der Waals surface area (Å²) in [5, 5.41) is 2.82. The lowest BCUT2D eigenvalue weighted by molar-refractivity contribution is -0.137. The van der Waals surface area contributed by atoms with E-state index in [2.05, 4.69) is 10.3 Å². The fraction of sp³-hybridized carbons (Fsp3) is 0.478. The molecule has 7 nitrogen and oxygen atoms in total. The van der Waals surface area contributed by atoms with Crippen LogP contribution < -0.4 is 10.2 Å². The number of carbonyl (C=O) groups excluding carboxylic acids is 1. The second kappa shape index (κ2) is 10.3. The molecule has 2 aromatic rings. The molecule has 1 unspecified atom stereocenters. The number of halogens is 3. The van der Waals surface area contributed by atoms with Gasteiger partial charge in [0.05, 0.1) is 16.4 Å². The Morgan fingerprint density at radius 2 is 1.91 bits per heavy atom. The third kappa shape index (κ3) is 5.87. The molecule has 1 atom stereocenters. The number of anilines is 1. The quantitative estimate of drug-likeness (QED) is 0.630. The molecule has 1 aliphatic rings. The van der Waals surface area contributed by atoms with Gasteiger partial charge in [0, 0.05) is 38.9 Å². The highest BCUT2D eigenvalue weighted by atomic mass is 32.2. The van der Waals surface area contributed by atoms with E-state index in [9.17, 15) is 26.4 Å². The zero-order valence-corrected chi connectivity index (χ0v) is 20.2. The van der Waals surface area contributed by atoms with Gasteiger partial charge in [-0.05, 0) is 56.5 Å². The van der Waals surface area contributed by atoms with Crippen LogP contribution in [0.5, 0.6) is 0 Å². The standard InChI is InChI=1S/C23H29F3N4O3S/c1-16(2)29(3)34(32,33)19-10-8-17(9-11-19)14-28-22(31)18-6-5-13-30(15-18)21-20(23(24,25)26)7-4-12-27-21/h4,7-12,16,18H,5-6,13-15H2,1-3H3,(H,28,31). The third-order valence-corrected chi connectivity index (χ3v) is 8.03. The lowest BCUT2D eigenvalue weighted by Crippen LogP contribution is -2.43. The number of alkyl halides is 3. The van der Waals surface area contributed by atoms with Crippen molar-refractivity contribution in [2.45, 2.75) is 50.3 Å². The van der Waals surface area contributed by atoms with E-state index in [1.807, 2.05) is 0 Å². The van der Waals surface area contributed by atoms with Crippen LogP contribution >= 0.6 is 0 Å². The Labute approximate surface area is 198 Å². The summed E-state index contributed by atoms with van der Waals surface area (Å²) in [5.41, 5.74) is -0.0922. The van der Waals surface area contributed by atoms with E-state index >= 15 is 0 Å². The number of nitrogens with zero attached hydrogens (tertiary/aromatic N) is 3. The second-order valence-corrected chi connectivity index (χ2v) is 10.6. The Morgan fingerprint density at radius 3 is 2.53 bits per heavy atom. The SMILES string of the molecule is CC(C)N(C)S(=O)(=O)c1ccc(CNC(=O)C2CCCN(c3ncccc3C(F)(F)F)C2)cc1. The summed E-state index contributed by atoms with van der Waals surface area (Å²) in [4.78, 5) is 18.3. The summed E-state index contributed by atoms with van der Waals surface area (Å²) in [6.07, 6.45) is -2.07. The first-order valence-corrected chi connectivity index (χ1v) is 12.5. The summed E-state index contributed by atoms with van der Waals surface area (Å²) in [6.45, 7) is 4.29. The van der Waals surface area contributed by atoms with Crippen molar-refractivity contribution in [1.82, 2.24) is 14.6 Å². The molecular weight excluding hydrogens is 469 g/mol. The van der Waals surface area contributed by atoms with Crippen molar-refractivity contribution in [2.75, 3.05) is 25.0 Å². The van der Waals surface area contributed by atoms with Crippen molar-refractivity contribution < 1.29 is 26.4 Å². The number of aromatic nitrogens is 1. The predicted molar refractivity (Wildman–Crippen MR) is 123 cm³/mol. The van der Waals surface area contributed by atoms with Crippen molar-refractivity contribution in [3.05, 3.63) is 53.7 Å². The van der Waals surface area contributed by atoms with Gasteiger partial charge in [0.25, 0.3) is 0 Å². The number of sulfonamides is 1. The van der Waals surface area contributed by atoms with Gasteiger partial charge in [-0.25, -0.2) is 13.4 Å². The zero-order valence-electron chi connectivity index (χ0n) is 19.3. The van der Waals surface area contributed by atoms with Crippen LogP contribution in [0.4, 0.5) is 19.0 Å². The second-order valence-electron chi connectivity index (χ2n) is 8.63. The van der Waals surface area contributed by atoms with E-state index in [0.717, 1.165) is 11.6 Å². The minimum Gasteiger partial charge on any atom is -0.355 e. The molecular formula is C23H29F3N4O3S. The summed E-state index contributed by atoms with van der Waals surface area (Å²) in [5.74, 6) is -0.891. The van der Waals surface area contributed by atoms with Crippen molar-refractivity contribution in [1.29, 1.82) is 0 Å². The Bertz CT molecular complexity index is 1110. The highest BCUT2D eigenvalue weighted by Crippen LogP contribution is 2.36. The van der Waals surface area contributed by atoms with Gasteiger partial charge in [0.2, 0.25) is 15.9 Å². The van der Waals surface area contributed by atoms with E-state index in [1.165, 1.54) is 40.6 Å². The van der Waals surface area contributed by atoms with Crippen molar-refractivity contribution >= 4 is 21.7 Å². The molecule has 1 aromatic heterocycles. The van der Waals surface area contributed by atoms with Gasteiger partial charge in [0.15, 0.2) is 0 Å². The molecule has 2 heterocycles. The number of pyridine rings is 1. The largest absolute Gasteiger partial charge is 0.419 e. The van der Waals surface area contributed by atoms with E-state index in [1.54, 1.807) is 26.0 Å². The number of hydrogen-bond donors (Lipinski definition) is 1. The maximum atomic E-state index is 13.4. The molecule has 0 radical (unpaired) electrons. The van der Waals surface area contributed by atoms with Crippen LogP contribution in [0.3, 0.4) is 0 Å². The molecule has 0 aliphatic carbocycles.